The van der Waals surface area contributed by atoms with Gasteiger partial charge in [-0.3, -0.25) is 0 Å². The molecule has 0 atom stereocenters. The van der Waals surface area contributed by atoms with E-state index < -0.39 is 0 Å². The van der Waals surface area contributed by atoms with E-state index in [0.29, 0.717) is 0 Å². The van der Waals surface area contributed by atoms with Crippen molar-refractivity contribution in [2.75, 3.05) is 39.9 Å². The third-order valence-electron chi connectivity index (χ3n) is 3.29. The number of nitrogens with zero attached hydrogens (tertiary/aromatic N) is 1. The zero-order valence-electron chi connectivity index (χ0n) is 12.8. The minimum Gasteiger partial charge on any atom is -0.380 e. The van der Waals surface area contributed by atoms with Gasteiger partial charge in [-0.15, -0.1) is 0 Å². The number of hydrogen-bond donors (Lipinski definition) is 1. The van der Waals surface area contributed by atoms with Crippen LogP contribution in [0, 0.1) is 5.92 Å². The Balaban J connectivity index is 1.82. The molecule has 0 aromatic rings. The standard InChI is InChI=1S/C15H32N2O/c1-15(2,3)16-9-5-6-10-17(4)11-12-18-13-14-7-8-14/h14,16H,5-13H2,1-4H3. The lowest BCUT2D eigenvalue weighted by Crippen LogP contribution is -2.36. The molecule has 0 aliphatic heterocycles. The lowest BCUT2D eigenvalue weighted by molar-refractivity contribution is 0.103. The number of hydrogen-bond acceptors (Lipinski definition) is 3. The van der Waals surface area contributed by atoms with Gasteiger partial charge in [-0.25, -0.2) is 0 Å². The molecule has 0 heterocycles. The maximum Gasteiger partial charge on any atom is 0.0593 e. The van der Waals surface area contributed by atoms with E-state index in [2.05, 4.69) is 38.0 Å². The van der Waals surface area contributed by atoms with E-state index >= 15 is 0 Å². The molecule has 1 rings (SSSR count). The fourth-order valence-electron chi connectivity index (χ4n) is 1.84. The van der Waals surface area contributed by atoms with Crippen LogP contribution in [0.3, 0.4) is 0 Å². The van der Waals surface area contributed by atoms with Crippen LogP contribution in [-0.4, -0.2) is 50.3 Å². The van der Waals surface area contributed by atoms with E-state index in [9.17, 15) is 0 Å². The highest BCUT2D eigenvalue weighted by Gasteiger charge is 2.20. The van der Waals surface area contributed by atoms with Gasteiger partial charge in [0.05, 0.1) is 6.61 Å². The molecule has 0 bridgehead atoms. The van der Waals surface area contributed by atoms with E-state index in [0.717, 1.165) is 32.2 Å². The van der Waals surface area contributed by atoms with Gasteiger partial charge >= 0.3 is 0 Å². The number of rotatable bonds is 10. The Labute approximate surface area is 113 Å². The van der Waals surface area contributed by atoms with Crippen LogP contribution >= 0.6 is 0 Å². The van der Waals surface area contributed by atoms with Gasteiger partial charge in [-0.2, -0.15) is 0 Å². The molecular weight excluding hydrogens is 224 g/mol. The van der Waals surface area contributed by atoms with Gasteiger partial charge in [0.25, 0.3) is 0 Å². The van der Waals surface area contributed by atoms with Gasteiger partial charge in [0.2, 0.25) is 0 Å². The molecule has 108 valence electrons. The van der Waals surface area contributed by atoms with Crippen molar-refractivity contribution in [3.05, 3.63) is 0 Å². The largest absolute Gasteiger partial charge is 0.380 e. The molecule has 3 heteroatoms. The molecular formula is C15H32N2O. The van der Waals surface area contributed by atoms with Gasteiger partial charge in [0.15, 0.2) is 0 Å². The molecule has 0 unspecified atom stereocenters. The van der Waals surface area contributed by atoms with Gasteiger partial charge < -0.3 is 15.0 Å². The fraction of sp³-hybridized carbons (Fsp3) is 1.00. The predicted octanol–water partition coefficient (Wildman–Crippen LogP) is 2.51. The van der Waals surface area contributed by atoms with Crippen molar-refractivity contribution in [3.63, 3.8) is 0 Å². The van der Waals surface area contributed by atoms with Crippen molar-refractivity contribution in [1.82, 2.24) is 10.2 Å². The van der Waals surface area contributed by atoms with Gasteiger partial charge in [0.1, 0.15) is 0 Å². The topological polar surface area (TPSA) is 24.5 Å². The van der Waals surface area contributed by atoms with Gasteiger partial charge in [0, 0.05) is 18.7 Å². The number of ether oxygens (including phenoxy) is 1. The van der Waals surface area contributed by atoms with Crippen molar-refractivity contribution < 1.29 is 4.74 Å². The highest BCUT2D eigenvalue weighted by Crippen LogP contribution is 2.28. The van der Waals surface area contributed by atoms with E-state index in [1.54, 1.807) is 0 Å². The van der Waals surface area contributed by atoms with E-state index in [1.807, 2.05) is 0 Å². The first-order chi connectivity index (χ1) is 8.47. The van der Waals surface area contributed by atoms with Crippen LogP contribution in [0.15, 0.2) is 0 Å². The van der Waals surface area contributed by atoms with Crippen molar-refractivity contribution >= 4 is 0 Å². The predicted molar refractivity (Wildman–Crippen MR) is 78.0 cm³/mol. The SMILES string of the molecule is CN(CCCCNC(C)(C)C)CCOCC1CC1. The quantitative estimate of drug-likeness (QED) is 0.608. The van der Waals surface area contributed by atoms with Crippen LogP contribution in [-0.2, 0) is 4.74 Å². The normalized spacial score (nSPS) is 16.5. The summed E-state index contributed by atoms with van der Waals surface area (Å²) in [6.07, 6.45) is 5.29. The maximum atomic E-state index is 5.65. The first-order valence-electron chi connectivity index (χ1n) is 7.49. The number of unbranched alkanes of at least 4 members (excludes halogenated alkanes) is 1. The summed E-state index contributed by atoms with van der Waals surface area (Å²) in [5.41, 5.74) is 0.253. The van der Waals surface area contributed by atoms with Gasteiger partial charge in [-0.05, 0) is 72.5 Å². The Hall–Kier alpha value is -0.120. The number of likely N-dealkylation sites (N-methyl/N-ethyl adjacent to an activating group) is 1. The minimum atomic E-state index is 0.253. The second kappa shape index (κ2) is 8.13. The zero-order valence-corrected chi connectivity index (χ0v) is 12.8. The molecule has 1 saturated carbocycles. The molecule has 0 spiro atoms. The molecule has 1 aliphatic carbocycles. The van der Waals surface area contributed by atoms with Crippen LogP contribution < -0.4 is 5.32 Å². The summed E-state index contributed by atoms with van der Waals surface area (Å²) in [6.45, 7) is 11.9. The summed E-state index contributed by atoms with van der Waals surface area (Å²) in [4.78, 5) is 2.38. The second-order valence-corrected chi connectivity index (χ2v) is 6.71. The van der Waals surface area contributed by atoms with Crippen molar-refractivity contribution in [2.45, 2.75) is 52.0 Å². The van der Waals surface area contributed by atoms with Crippen molar-refractivity contribution in [2.24, 2.45) is 5.92 Å². The zero-order chi connectivity index (χ0) is 13.4. The summed E-state index contributed by atoms with van der Waals surface area (Å²) in [5.74, 6) is 0.888. The maximum absolute atomic E-state index is 5.65. The highest BCUT2D eigenvalue weighted by atomic mass is 16.5. The van der Waals surface area contributed by atoms with E-state index in [4.69, 9.17) is 4.74 Å². The van der Waals surface area contributed by atoms with Crippen molar-refractivity contribution in [1.29, 1.82) is 0 Å². The molecule has 3 nitrogen and oxygen atoms in total. The Morgan fingerprint density at radius 2 is 1.89 bits per heavy atom. The first kappa shape index (κ1) is 15.9. The summed E-state index contributed by atoms with van der Waals surface area (Å²) < 4.78 is 5.65. The Morgan fingerprint density at radius 3 is 2.50 bits per heavy atom. The van der Waals surface area contributed by atoms with Crippen LogP contribution in [0.1, 0.15) is 46.5 Å². The lowest BCUT2D eigenvalue weighted by Gasteiger charge is -2.21. The van der Waals surface area contributed by atoms with Crippen LogP contribution in [0.5, 0.6) is 0 Å². The molecule has 1 aliphatic rings. The highest BCUT2D eigenvalue weighted by molar-refractivity contribution is 4.72. The molecule has 1 N–H and O–H groups in total. The Bertz CT molecular complexity index is 209. The molecule has 0 aromatic heterocycles. The summed E-state index contributed by atoms with van der Waals surface area (Å²) in [7, 11) is 2.19. The van der Waals surface area contributed by atoms with Gasteiger partial charge in [-0.1, -0.05) is 0 Å². The molecule has 1 fully saturated rings. The molecule has 0 amide bonds. The van der Waals surface area contributed by atoms with Crippen LogP contribution in [0.4, 0.5) is 0 Å². The van der Waals surface area contributed by atoms with Crippen LogP contribution in [0.2, 0.25) is 0 Å². The smallest absolute Gasteiger partial charge is 0.0593 e. The molecule has 0 saturated heterocycles. The third-order valence-corrected chi connectivity index (χ3v) is 3.29. The molecule has 18 heavy (non-hydrogen) atoms. The fourth-order valence-corrected chi connectivity index (χ4v) is 1.84. The summed E-state index contributed by atoms with van der Waals surface area (Å²) >= 11 is 0. The summed E-state index contributed by atoms with van der Waals surface area (Å²) in [5, 5.41) is 3.52. The third kappa shape index (κ3) is 9.86. The Morgan fingerprint density at radius 1 is 1.17 bits per heavy atom. The Kier molecular flexibility index (Phi) is 7.20. The van der Waals surface area contributed by atoms with E-state index in [1.165, 1.54) is 32.2 Å². The minimum absolute atomic E-state index is 0.253. The average Bonchev–Trinajstić information content (AvgIpc) is 3.06. The first-order valence-corrected chi connectivity index (χ1v) is 7.49. The molecule has 0 radical (unpaired) electrons. The van der Waals surface area contributed by atoms with Crippen molar-refractivity contribution in [3.8, 4) is 0 Å². The van der Waals surface area contributed by atoms with E-state index in [-0.39, 0.29) is 5.54 Å². The number of nitrogens with one attached hydrogen (secondary N) is 1. The lowest BCUT2D eigenvalue weighted by atomic mass is 10.1. The summed E-state index contributed by atoms with van der Waals surface area (Å²) in [6, 6.07) is 0. The van der Waals surface area contributed by atoms with Crippen LogP contribution in [0.25, 0.3) is 0 Å². The second-order valence-electron chi connectivity index (χ2n) is 6.71. The average molecular weight is 256 g/mol. The molecule has 0 aromatic carbocycles. The monoisotopic (exact) mass is 256 g/mol.